The quantitative estimate of drug-likeness (QED) is 0.210. The second-order valence-corrected chi connectivity index (χ2v) is 7.55. The lowest BCUT2D eigenvalue weighted by molar-refractivity contribution is -0.384. The predicted octanol–water partition coefficient (Wildman–Crippen LogP) is 4.41. The van der Waals surface area contributed by atoms with Crippen molar-refractivity contribution in [2.45, 2.75) is 23.9 Å². The van der Waals surface area contributed by atoms with E-state index in [1.54, 1.807) is 28.8 Å². The molecule has 0 radical (unpaired) electrons. The molecule has 6 nitrogen and oxygen atoms in total. The minimum Gasteiger partial charge on any atom is -0.283 e. The number of fused-ring (bicyclic) bond motifs is 1. The van der Waals surface area contributed by atoms with Crippen molar-refractivity contribution < 1.29 is 4.92 Å². The van der Waals surface area contributed by atoms with Crippen molar-refractivity contribution >= 4 is 39.0 Å². The van der Waals surface area contributed by atoms with E-state index >= 15 is 0 Å². The van der Waals surface area contributed by atoms with Crippen molar-refractivity contribution in [1.29, 1.82) is 0 Å². The van der Waals surface area contributed by atoms with Crippen molar-refractivity contribution in [2.24, 2.45) is 0 Å². The van der Waals surface area contributed by atoms with Gasteiger partial charge in [-0.1, -0.05) is 30.0 Å². The molecule has 25 heavy (non-hydrogen) atoms. The zero-order valence-corrected chi connectivity index (χ0v) is 15.0. The smallest absolute Gasteiger partial charge is 0.269 e. The number of allylic oxidation sites excluding steroid dienone is 1. The number of rotatable bonds is 6. The summed E-state index contributed by atoms with van der Waals surface area (Å²) in [6.45, 7) is 6.01. The fourth-order valence-electron chi connectivity index (χ4n) is 2.43. The number of hydrogen-bond acceptors (Lipinski definition) is 6. The second-order valence-electron chi connectivity index (χ2n) is 5.35. The fourth-order valence-corrected chi connectivity index (χ4v) is 4.27. The second kappa shape index (κ2) is 7.20. The van der Waals surface area contributed by atoms with Crippen LogP contribution in [0, 0.1) is 10.1 Å². The molecule has 0 aliphatic rings. The molecule has 3 rings (SSSR count). The van der Waals surface area contributed by atoms with Crippen LogP contribution in [0.3, 0.4) is 0 Å². The highest BCUT2D eigenvalue weighted by molar-refractivity contribution is 7.99. The van der Waals surface area contributed by atoms with E-state index < -0.39 is 4.92 Å². The van der Waals surface area contributed by atoms with E-state index in [0.29, 0.717) is 21.9 Å². The molecule has 0 aliphatic heterocycles. The van der Waals surface area contributed by atoms with Crippen molar-refractivity contribution in [3.05, 3.63) is 74.4 Å². The highest BCUT2D eigenvalue weighted by Crippen LogP contribution is 2.35. The third-order valence-electron chi connectivity index (χ3n) is 3.69. The van der Waals surface area contributed by atoms with Crippen molar-refractivity contribution in [1.82, 2.24) is 9.55 Å². The molecule has 1 unspecified atom stereocenters. The Kier molecular flexibility index (Phi) is 5.00. The number of nitrogens with zero attached hydrogens (tertiary/aromatic N) is 3. The highest BCUT2D eigenvalue weighted by Gasteiger charge is 2.17. The predicted molar refractivity (Wildman–Crippen MR) is 101 cm³/mol. The zero-order chi connectivity index (χ0) is 18.0. The van der Waals surface area contributed by atoms with Gasteiger partial charge in [-0.25, -0.2) is 4.98 Å². The van der Waals surface area contributed by atoms with Gasteiger partial charge < -0.3 is 0 Å². The van der Waals surface area contributed by atoms with E-state index in [0.717, 1.165) is 5.56 Å². The molecular formula is C17H15N3O3S2. The number of thiophene rings is 1. The largest absolute Gasteiger partial charge is 0.283 e. The van der Waals surface area contributed by atoms with Crippen LogP contribution in [0.25, 0.3) is 10.2 Å². The molecule has 2 aromatic heterocycles. The summed E-state index contributed by atoms with van der Waals surface area (Å²) in [5.74, 6) is 0. The van der Waals surface area contributed by atoms with Crippen molar-refractivity contribution in [3.63, 3.8) is 0 Å². The maximum absolute atomic E-state index is 12.6. The first-order valence-corrected chi connectivity index (χ1v) is 9.27. The molecule has 0 saturated heterocycles. The van der Waals surface area contributed by atoms with E-state index in [-0.39, 0.29) is 16.5 Å². The number of hydrogen-bond donors (Lipinski definition) is 0. The summed E-state index contributed by atoms with van der Waals surface area (Å²) in [5, 5.41) is 13.9. The number of thioether (sulfide) groups is 1. The molecule has 0 N–H and O–H groups in total. The highest BCUT2D eigenvalue weighted by atomic mass is 32.2. The Bertz CT molecular complexity index is 1010. The molecule has 0 amide bonds. The van der Waals surface area contributed by atoms with Gasteiger partial charge in [0, 0.05) is 23.9 Å². The topological polar surface area (TPSA) is 78.0 Å². The number of nitro benzene ring substituents is 1. The molecule has 0 fully saturated rings. The first kappa shape index (κ1) is 17.4. The SMILES string of the molecule is C=CCn1c(SC(C)c2cccc([N+](=O)[O-])c2)nc2sccc2c1=O. The van der Waals surface area contributed by atoms with E-state index in [4.69, 9.17) is 0 Å². The summed E-state index contributed by atoms with van der Waals surface area (Å²) in [6, 6.07) is 8.29. The van der Waals surface area contributed by atoms with Gasteiger partial charge in [0.15, 0.2) is 5.16 Å². The maximum atomic E-state index is 12.6. The molecule has 1 aromatic carbocycles. The standard InChI is InChI=1S/C17H15N3O3S2/c1-3-8-19-16(21)14-7-9-24-15(14)18-17(19)25-11(2)12-5-4-6-13(10-12)20(22)23/h3-7,9-11H,1,8H2,2H3. The minimum absolute atomic E-state index is 0.0510. The molecule has 0 saturated carbocycles. The molecule has 1 atom stereocenters. The summed E-state index contributed by atoms with van der Waals surface area (Å²) in [6.07, 6.45) is 1.66. The van der Waals surface area contributed by atoms with Crippen LogP contribution in [0.5, 0.6) is 0 Å². The van der Waals surface area contributed by atoms with Crippen molar-refractivity contribution in [3.8, 4) is 0 Å². The summed E-state index contributed by atoms with van der Waals surface area (Å²) >= 11 is 2.82. The first-order chi connectivity index (χ1) is 12.0. The number of aromatic nitrogens is 2. The molecule has 0 spiro atoms. The Morgan fingerprint density at radius 2 is 2.28 bits per heavy atom. The van der Waals surface area contributed by atoms with Gasteiger partial charge in [0.2, 0.25) is 0 Å². The molecule has 8 heteroatoms. The lowest BCUT2D eigenvalue weighted by Crippen LogP contribution is -2.22. The lowest BCUT2D eigenvalue weighted by atomic mass is 10.1. The minimum atomic E-state index is -0.412. The van der Waals surface area contributed by atoms with Gasteiger partial charge in [0.1, 0.15) is 4.83 Å². The molecular weight excluding hydrogens is 358 g/mol. The Morgan fingerprint density at radius 3 is 3.00 bits per heavy atom. The molecule has 0 bridgehead atoms. The fraction of sp³-hybridized carbons (Fsp3) is 0.176. The Hall–Kier alpha value is -2.45. The van der Waals surface area contributed by atoms with Gasteiger partial charge in [0.05, 0.1) is 10.3 Å². The maximum Gasteiger partial charge on any atom is 0.269 e. The van der Waals surface area contributed by atoms with E-state index in [1.807, 2.05) is 18.4 Å². The third-order valence-corrected chi connectivity index (χ3v) is 5.65. The summed E-state index contributed by atoms with van der Waals surface area (Å²) in [5.41, 5.74) is 0.764. The van der Waals surface area contributed by atoms with E-state index in [1.165, 1.54) is 29.2 Å². The van der Waals surface area contributed by atoms with Crippen LogP contribution >= 0.6 is 23.1 Å². The lowest BCUT2D eigenvalue weighted by Gasteiger charge is -2.15. The zero-order valence-electron chi connectivity index (χ0n) is 13.4. The molecule has 3 aromatic rings. The Balaban J connectivity index is 2.00. The van der Waals surface area contributed by atoms with Crippen LogP contribution in [0.1, 0.15) is 17.7 Å². The molecule has 2 heterocycles. The summed E-state index contributed by atoms with van der Waals surface area (Å²) < 4.78 is 1.58. The number of benzene rings is 1. The van der Waals surface area contributed by atoms with Gasteiger partial charge >= 0.3 is 0 Å². The number of nitro groups is 1. The van der Waals surface area contributed by atoms with Crippen LogP contribution in [0.4, 0.5) is 5.69 Å². The van der Waals surface area contributed by atoms with Gasteiger partial charge in [-0.05, 0) is 23.9 Å². The first-order valence-electron chi connectivity index (χ1n) is 7.51. The Morgan fingerprint density at radius 1 is 1.48 bits per heavy atom. The average molecular weight is 373 g/mol. The third kappa shape index (κ3) is 3.49. The molecule has 128 valence electrons. The monoisotopic (exact) mass is 373 g/mol. The normalized spacial score (nSPS) is 12.2. The Labute approximate surface area is 152 Å². The van der Waals surface area contributed by atoms with Crippen LogP contribution < -0.4 is 5.56 Å². The van der Waals surface area contributed by atoms with Crippen LogP contribution in [0.15, 0.2) is 58.3 Å². The summed E-state index contributed by atoms with van der Waals surface area (Å²) in [4.78, 5) is 28.5. The van der Waals surface area contributed by atoms with Crippen LogP contribution in [-0.4, -0.2) is 14.5 Å². The van der Waals surface area contributed by atoms with Crippen LogP contribution in [-0.2, 0) is 6.54 Å². The van der Waals surface area contributed by atoms with Gasteiger partial charge in [-0.3, -0.25) is 19.5 Å². The number of non-ortho nitro benzene ring substituents is 1. The van der Waals surface area contributed by atoms with E-state index in [2.05, 4.69) is 11.6 Å². The average Bonchev–Trinajstić information content (AvgIpc) is 3.07. The van der Waals surface area contributed by atoms with Gasteiger partial charge in [0.25, 0.3) is 11.2 Å². The molecule has 0 aliphatic carbocycles. The van der Waals surface area contributed by atoms with Crippen LogP contribution in [0.2, 0.25) is 0 Å². The van der Waals surface area contributed by atoms with Gasteiger partial charge in [-0.2, -0.15) is 0 Å². The van der Waals surface area contributed by atoms with Crippen molar-refractivity contribution in [2.75, 3.05) is 0 Å². The van der Waals surface area contributed by atoms with Gasteiger partial charge in [-0.15, -0.1) is 17.9 Å². The van der Waals surface area contributed by atoms with E-state index in [9.17, 15) is 14.9 Å². The summed E-state index contributed by atoms with van der Waals surface area (Å²) in [7, 11) is 0.